The molecule has 3 aromatic rings. The first-order valence-corrected chi connectivity index (χ1v) is 15.2. The van der Waals surface area contributed by atoms with E-state index in [2.05, 4.69) is 4.90 Å². The average Bonchev–Trinajstić information content (AvgIpc) is 3.02. The van der Waals surface area contributed by atoms with Crippen molar-refractivity contribution in [2.24, 2.45) is 5.92 Å². The number of benzene rings is 3. The number of ether oxygens (including phenoxy) is 1. The third-order valence-corrected chi connectivity index (χ3v) is 10.1. The van der Waals surface area contributed by atoms with Crippen molar-refractivity contribution in [3.05, 3.63) is 71.2 Å². The van der Waals surface area contributed by atoms with Crippen molar-refractivity contribution in [1.82, 2.24) is 4.31 Å². The Morgan fingerprint density at radius 3 is 2.44 bits per heavy atom. The molecular weight excluding hydrogens is 536 g/mol. The molecule has 1 heterocycles. The minimum atomic E-state index is -3.90. The van der Waals surface area contributed by atoms with Gasteiger partial charge in [0.25, 0.3) is 0 Å². The van der Waals surface area contributed by atoms with Crippen molar-refractivity contribution >= 4 is 39.0 Å². The molecule has 0 saturated heterocycles. The highest BCUT2D eigenvalue weighted by Crippen LogP contribution is 2.45. The molecule has 0 radical (unpaired) electrons. The van der Waals surface area contributed by atoms with E-state index in [4.69, 9.17) is 16.3 Å². The van der Waals surface area contributed by atoms with Crippen LogP contribution in [0.15, 0.2) is 65.6 Å². The van der Waals surface area contributed by atoms with Crippen LogP contribution >= 0.6 is 11.6 Å². The molecule has 0 spiro atoms. The average molecular weight is 569 g/mol. The lowest BCUT2D eigenvalue weighted by Crippen LogP contribution is -2.46. The molecule has 0 unspecified atom stereocenters. The number of carboxylic acids is 1. The minimum absolute atomic E-state index is 0.0105. The van der Waals surface area contributed by atoms with Crippen molar-refractivity contribution in [1.29, 1.82) is 0 Å². The van der Waals surface area contributed by atoms with Gasteiger partial charge in [0.2, 0.25) is 10.0 Å². The van der Waals surface area contributed by atoms with Crippen molar-refractivity contribution in [2.75, 3.05) is 25.1 Å². The normalized spacial score (nSPS) is 19.8. The Balaban J connectivity index is 1.69. The number of sulfonamides is 1. The number of aromatic carboxylic acids is 1. The summed E-state index contributed by atoms with van der Waals surface area (Å²) < 4.78 is 35.4. The first-order valence-electron chi connectivity index (χ1n) is 13.4. The van der Waals surface area contributed by atoms with Gasteiger partial charge in [-0.2, -0.15) is 4.31 Å². The second-order valence-electron chi connectivity index (χ2n) is 10.2. The summed E-state index contributed by atoms with van der Waals surface area (Å²) in [7, 11) is -2.21. The van der Waals surface area contributed by atoms with Gasteiger partial charge in [0, 0.05) is 30.9 Å². The molecule has 1 N–H and O–H groups in total. The second kappa shape index (κ2) is 11.2. The number of fused-ring (bicyclic) bond motifs is 1. The zero-order chi connectivity index (χ0) is 27.7. The van der Waals surface area contributed by atoms with E-state index in [0.717, 1.165) is 31.4 Å². The van der Waals surface area contributed by atoms with Crippen LogP contribution in [0.5, 0.6) is 5.75 Å². The summed E-state index contributed by atoms with van der Waals surface area (Å²) in [6.45, 7) is 2.61. The number of carbonyl (C=O) groups is 1. The molecule has 7 nitrogen and oxygen atoms in total. The molecule has 3 aromatic carbocycles. The fourth-order valence-corrected chi connectivity index (χ4v) is 7.75. The van der Waals surface area contributed by atoms with Crippen LogP contribution in [0.1, 0.15) is 49.4 Å². The Morgan fingerprint density at radius 1 is 1.05 bits per heavy atom. The highest BCUT2D eigenvalue weighted by atomic mass is 35.5. The van der Waals surface area contributed by atoms with Crippen molar-refractivity contribution < 1.29 is 23.1 Å². The van der Waals surface area contributed by atoms with E-state index in [1.807, 2.05) is 30.3 Å². The standard InChI is InChI=1S/C30H33ClN2O5S/c1-3-38-28-15-14-21(16-24(28)30(34)35)23-17-29-26(18-25(23)31)33(22-12-8-5-9-13-22)19-27(32(2)39(29,36)37)20-10-6-4-7-11-20/h5,8-9,12-18,20,27H,3-4,6-7,10-11,19H2,1-2H3,(H,34,35)/t27-/m0/s1. The van der Waals surface area contributed by atoms with E-state index in [-0.39, 0.29) is 28.2 Å². The summed E-state index contributed by atoms with van der Waals surface area (Å²) in [6.07, 6.45) is 5.39. The summed E-state index contributed by atoms with van der Waals surface area (Å²) in [6, 6.07) is 17.6. The monoisotopic (exact) mass is 568 g/mol. The number of hydrogen-bond donors (Lipinski definition) is 1. The van der Waals surface area contributed by atoms with Gasteiger partial charge in [0.1, 0.15) is 16.2 Å². The van der Waals surface area contributed by atoms with Crippen LogP contribution in [0.4, 0.5) is 11.4 Å². The Hall–Kier alpha value is -3.07. The predicted molar refractivity (Wildman–Crippen MR) is 154 cm³/mol. The molecular formula is C30H33ClN2O5S. The van der Waals surface area contributed by atoms with Crippen molar-refractivity contribution in [3.63, 3.8) is 0 Å². The lowest BCUT2D eigenvalue weighted by atomic mass is 9.83. The van der Waals surface area contributed by atoms with Gasteiger partial charge in [-0.05, 0) is 67.6 Å². The molecule has 1 saturated carbocycles. The number of halogens is 1. The molecule has 0 bridgehead atoms. The fourth-order valence-electron chi connectivity index (χ4n) is 5.88. The van der Waals surface area contributed by atoms with Gasteiger partial charge >= 0.3 is 5.97 Å². The topological polar surface area (TPSA) is 87.2 Å². The maximum atomic E-state index is 14.2. The van der Waals surface area contributed by atoms with Crippen LogP contribution in [0.2, 0.25) is 5.02 Å². The van der Waals surface area contributed by atoms with Gasteiger partial charge in [-0.3, -0.25) is 0 Å². The molecule has 1 aliphatic heterocycles. The van der Waals surface area contributed by atoms with Crippen LogP contribution in [0.25, 0.3) is 11.1 Å². The van der Waals surface area contributed by atoms with E-state index in [1.165, 1.54) is 12.5 Å². The molecule has 1 aliphatic carbocycles. The Bertz CT molecular complexity index is 1470. The zero-order valence-electron chi connectivity index (χ0n) is 22.1. The van der Waals surface area contributed by atoms with Gasteiger partial charge < -0.3 is 14.7 Å². The maximum absolute atomic E-state index is 14.2. The van der Waals surface area contributed by atoms with E-state index in [0.29, 0.717) is 35.0 Å². The molecule has 1 fully saturated rings. The van der Waals surface area contributed by atoms with Gasteiger partial charge in [0.15, 0.2) is 0 Å². The lowest BCUT2D eigenvalue weighted by molar-refractivity contribution is 0.0692. The quantitative estimate of drug-likeness (QED) is 0.351. The minimum Gasteiger partial charge on any atom is -0.493 e. The predicted octanol–water partition coefficient (Wildman–Crippen LogP) is 6.83. The Kier molecular flexibility index (Phi) is 7.89. The van der Waals surface area contributed by atoms with E-state index in [9.17, 15) is 18.3 Å². The van der Waals surface area contributed by atoms with E-state index in [1.54, 1.807) is 42.5 Å². The number of likely N-dealkylation sites (N-methyl/N-ethyl adjacent to an activating group) is 1. The van der Waals surface area contributed by atoms with Crippen molar-refractivity contribution in [2.45, 2.75) is 50.0 Å². The summed E-state index contributed by atoms with van der Waals surface area (Å²) in [4.78, 5) is 14.2. The first-order chi connectivity index (χ1) is 18.7. The summed E-state index contributed by atoms with van der Waals surface area (Å²) >= 11 is 6.84. The van der Waals surface area contributed by atoms with Crippen LogP contribution in [-0.4, -0.2) is 50.0 Å². The molecule has 0 amide bonds. The first kappa shape index (κ1) is 27.5. The van der Waals surface area contributed by atoms with Crippen LogP contribution in [-0.2, 0) is 10.0 Å². The number of anilines is 2. The molecule has 206 valence electrons. The molecule has 2 aliphatic rings. The SMILES string of the molecule is CCOc1ccc(-c2cc3c(cc2Cl)N(c2ccccc2)C[C@@H](C2CCCCC2)N(C)S3(=O)=O)cc1C(=O)O. The van der Waals surface area contributed by atoms with Crippen LogP contribution in [0, 0.1) is 5.92 Å². The number of carboxylic acid groups (broad SMARTS) is 1. The Labute approximate surface area is 235 Å². The second-order valence-corrected chi connectivity index (χ2v) is 12.6. The fraction of sp³-hybridized carbons (Fsp3) is 0.367. The third kappa shape index (κ3) is 5.25. The van der Waals surface area contributed by atoms with Crippen LogP contribution in [0.3, 0.4) is 0 Å². The molecule has 9 heteroatoms. The van der Waals surface area contributed by atoms with E-state index < -0.39 is 16.0 Å². The molecule has 0 aromatic heterocycles. The Morgan fingerprint density at radius 2 is 1.77 bits per heavy atom. The number of hydrogen-bond acceptors (Lipinski definition) is 5. The van der Waals surface area contributed by atoms with E-state index >= 15 is 0 Å². The van der Waals surface area contributed by atoms with Gasteiger partial charge in [-0.1, -0.05) is 55.1 Å². The zero-order valence-corrected chi connectivity index (χ0v) is 23.7. The highest BCUT2D eigenvalue weighted by molar-refractivity contribution is 7.89. The molecule has 1 atom stereocenters. The summed E-state index contributed by atoms with van der Waals surface area (Å²) in [5, 5.41) is 10.1. The highest BCUT2D eigenvalue weighted by Gasteiger charge is 2.41. The summed E-state index contributed by atoms with van der Waals surface area (Å²) in [5.41, 5.74) is 2.35. The number of nitrogens with zero attached hydrogens (tertiary/aromatic N) is 2. The maximum Gasteiger partial charge on any atom is 0.339 e. The van der Waals surface area contributed by atoms with Crippen LogP contribution < -0.4 is 9.64 Å². The third-order valence-electron chi connectivity index (χ3n) is 7.92. The number of rotatable bonds is 6. The van der Waals surface area contributed by atoms with Gasteiger partial charge in [-0.25, -0.2) is 13.2 Å². The molecule has 5 rings (SSSR count). The largest absolute Gasteiger partial charge is 0.493 e. The smallest absolute Gasteiger partial charge is 0.339 e. The molecule has 39 heavy (non-hydrogen) atoms. The van der Waals surface area contributed by atoms with Crippen molar-refractivity contribution in [3.8, 4) is 16.9 Å². The van der Waals surface area contributed by atoms with Gasteiger partial charge in [0.05, 0.1) is 17.3 Å². The summed E-state index contributed by atoms with van der Waals surface area (Å²) in [5.74, 6) is -0.625. The van der Waals surface area contributed by atoms with Gasteiger partial charge in [-0.15, -0.1) is 0 Å². The number of para-hydroxylation sites is 1. The lowest BCUT2D eigenvalue weighted by Gasteiger charge is -2.36.